The summed E-state index contributed by atoms with van der Waals surface area (Å²) >= 11 is 0. The topological polar surface area (TPSA) is 75.8 Å². The van der Waals surface area contributed by atoms with E-state index >= 15 is 0 Å². The van der Waals surface area contributed by atoms with Crippen molar-refractivity contribution >= 4 is 11.6 Å². The van der Waals surface area contributed by atoms with Gasteiger partial charge < -0.3 is 20.5 Å². The monoisotopic (exact) mass is 252 g/mol. The second-order valence-corrected chi connectivity index (χ2v) is 3.92. The van der Waals surface area contributed by atoms with Gasteiger partial charge in [-0.15, -0.1) is 0 Å². The number of nitrogens with zero attached hydrogens (tertiary/aromatic N) is 1. The molecule has 0 aliphatic heterocycles. The zero-order valence-corrected chi connectivity index (χ0v) is 10.8. The van der Waals surface area contributed by atoms with Crippen molar-refractivity contribution in [2.45, 2.75) is 13.3 Å². The van der Waals surface area contributed by atoms with E-state index in [4.69, 9.17) is 15.6 Å². The number of methoxy groups -OCH3 is 1. The number of aliphatic hydroxyl groups excluding tert-OH is 1. The summed E-state index contributed by atoms with van der Waals surface area (Å²) in [6.07, 6.45) is 0.565. The van der Waals surface area contributed by atoms with Crippen LogP contribution in [-0.2, 0) is 0 Å². The molecule has 18 heavy (non-hydrogen) atoms. The lowest BCUT2D eigenvalue weighted by Gasteiger charge is -2.21. The smallest absolute Gasteiger partial charge is 0.255 e. The Morgan fingerprint density at radius 2 is 2.22 bits per heavy atom. The number of hydrogen-bond donors (Lipinski definition) is 2. The first-order valence-corrected chi connectivity index (χ1v) is 5.97. The fourth-order valence-electron chi connectivity index (χ4n) is 1.70. The molecule has 1 aromatic carbocycles. The average Bonchev–Trinajstić information content (AvgIpc) is 2.39. The summed E-state index contributed by atoms with van der Waals surface area (Å²) in [5.41, 5.74) is 6.71. The van der Waals surface area contributed by atoms with Crippen molar-refractivity contribution in [1.82, 2.24) is 4.90 Å². The van der Waals surface area contributed by atoms with Crippen LogP contribution in [0, 0.1) is 0 Å². The zero-order chi connectivity index (χ0) is 13.5. The van der Waals surface area contributed by atoms with Crippen molar-refractivity contribution in [2.75, 3.05) is 32.5 Å². The summed E-state index contributed by atoms with van der Waals surface area (Å²) in [6.45, 7) is 3.08. The lowest BCUT2D eigenvalue weighted by Crippen LogP contribution is -2.32. The Kier molecular flexibility index (Phi) is 5.45. The molecular formula is C13H20N2O3. The highest BCUT2D eigenvalue weighted by Gasteiger charge is 2.16. The van der Waals surface area contributed by atoms with Crippen LogP contribution < -0.4 is 10.5 Å². The Morgan fingerprint density at radius 1 is 1.50 bits per heavy atom. The van der Waals surface area contributed by atoms with E-state index < -0.39 is 0 Å². The van der Waals surface area contributed by atoms with Crippen LogP contribution in [-0.4, -0.2) is 42.7 Å². The molecule has 0 heterocycles. The van der Waals surface area contributed by atoms with Gasteiger partial charge in [0.15, 0.2) is 0 Å². The molecule has 0 radical (unpaired) electrons. The molecule has 0 aliphatic rings. The third kappa shape index (κ3) is 3.37. The second-order valence-electron chi connectivity index (χ2n) is 3.92. The minimum atomic E-state index is -0.119. The van der Waals surface area contributed by atoms with E-state index in [2.05, 4.69) is 0 Å². The minimum Gasteiger partial charge on any atom is -0.497 e. The molecular weight excluding hydrogens is 232 g/mol. The van der Waals surface area contributed by atoms with Crippen molar-refractivity contribution in [3.05, 3.63) is 23.8 Å². The third-order valence-electron chi connectivity index (χ3n) is 2.74. The number of rotatable bonds is 6. The summed E-state index contributed by atoms with van der Waals surface area (Å²) in [5.74, 6) is 0.508. The van der Waals surface area contributed by atoms with E-state index in [1.165, 1.54) is 0 Å². The number of nitrogens with two attached hydrogens (primary N) is 1. The first kappa shape index (κ1) is 14.3. The summed E-state index contributed by atoms with van der Waals surface area (Å²) in [7, 11) is 1.55. The zero-order valence-electron chi connectivity index (χ0n) is 10.8. The van der Waals surface area contributed by atoms with Gasteiger partial charge in [-0.1, -0.05) is 0 Å². The molecule has 0 unspecified atom stereocenters. The van der Waals surface area contributed by atoms with Crippen molar-refractivity contribution in [1.29, 1.82) is 0 Å². The molecule has 0 aromatic heterocycles. The van der Waals surface area contributed by atoms with Crippen LogP contribution in [0.5, 0.6) is 5.75 Å². The molecule has 1 amide bonds. The van der Waals surface area contributed by atoms with Gasteiger partial charge in [-0.3, -0.25) is 4.79 Å². The highest BCUT2D eigenvalue weighted by molar-refractivity contribution is 5.99. The molecule has 1 aromatic rings. The average molecular weight is 252 g/mol. The molecule has 0 bridgehead atoms. The molecule has 1 rings (SSSR count). The van der Waals surface area contributed by atoms with Crippen LogP contribution in [0.2, 0.25) is 0 Å². The molecule has 100 valence electrons. The summed E-state index contributed by atoms with van der Waals surface area (Å²) < 4.78 is 5.04. The Hall–Kier alpha value is -1.75. The van der Waals surface area contributed by atoms with Crippen LogP contribution in [0.15, 0.2) is 18.2 Å². The number of amides is 1. The van der Waals surface area contributed by atoms with E-state index in [0.29, 0.717) is 36.5 Å². The number of anilines is 1. The van der Waals surface area contributed by atoms with Crippen molar-refractivity contribution in [3.63, 3.8) is 0 Å². The third-order valence-corrected chi connectivity index (χ3v) is 2.74. The number of aliphatic hydroxyl groups is 1. The molecule has 0 saturated carbocycles. The first-order valence-electron chi connectivity index (χ1n) is 5.97. The Balaban J connectivity index is 2.87. The number of benzene rings is 1. The van der Waals surface area contributed by atoms with Crippen LogP contribution >= 0.6 is 0 Å². The van der Waals surface area contributed by atoms with E-state index in [9.17, 15) is 4.79 Å². The van der Waals surface area contributed by atoms with Gasteiger partial charge in [0.2, 0.25) is 0 Å². The lowest BCUT2D eigenvalue weighted by atomic mass is 10.1. The van der Waals surface area contributed by atoms with Gasteiger partial charge in [0.05, 0.1) is 12.7 Å². The largest absolute Gasteiger partial charge is 0.497 e. The van der Waals surface area contributed by atoms with Crippen LogP contribution in [0.1, 0.15) is 23.7 Å². The van der Waals surface area contributed by atoms with Gasteiger partial charge in [-0.05, 0) is 25.5 Å². The van der Waals surface area contributed by atoms with Crippen LogP contribution in [0.3, 0.4) is 0 Å². The summed E-state index contributed by atoms with van der Waals surface area (Å²) in [5, 5.41) is 8.81. The fraction of sp³-hybridized carbons (Fsp3) is 0.462. The molecule has 0 fully saturated rings. The highest BCUT2D eigenvalue weighted by Crippen LogP contribution is 2.21. The second kappa shape index (κ2) is 6.86. The SMILES string of the molecule is CCN(CCCO)C(=O)c1ccc(OC)cc1N. The highest BCUT2D eigenvalue weighted by atomic mass is 16.5. The van der Waals surface area contributed by atoms with Gasteiger partial charge in [0, 0.05) is 31.5 Å². The maximum atomic E-state index is 12.2. The number of nitrogen functional groups attached to an aromatic ring is 1. The van der Waals surface area contributed by atoms with E-state index in [-0.39, 0.29) is 12.5 Å². The molecule has 3 N–H and O–H groups in total. The summed E-state index contributed by atoms with van der Waals surface area (Å²) in [4.78, 5) is 13.9. The Labute approximate surface area is 107 Å². The lowest BCUT2D eigenvalue weighted by molar-refractivity contribution is 0.0755. The van der Waals surface area contributed by atoms with Crippen molar-refractivity contribution in [2.24, 2.45) is 0 Å². The molecule has 0 spiro atoms. The fourth-order valence-corrected chi connectivity index (χ4v) is 1.70. The van der Waals surface area contributed by atoms with Gasteiger partial charge >= 0.3 is 0 Å². The normalized spacial score (nSPS) is 10.2. The van der Waals surface area contributed by atoms with E-state index in [1.54, 1.807) is 30.2 Å². The quantitative estimate of drug-likeness (QED) is 0.744. The maximum Gasteiger partial charge on any atom is 0.255 e. The van der Waals surface area contributed by atoms with E-state index in [0.717, 1.165) is 0 Å². The number of carbonyl (C=O) groups excluding carboxylic acids is 1. The Morgan fingerprint density at radius 3 is 2.72 bits per heavy atom. The standard InChI is InChI=1S/C13H20N2O3/c1-3-15(7-4-8-16)13(17)11-6-5-10(18-2)9-12(11)14/h5-6,9,16H,3-4,7-8,14H2,1-2H3. The van der Waals surface area contributed by atoms with Crippen LogP contribution in [0.4, 0.5) is 5.69 Å². The maximum absolute atomic E-state index is 12.2. The molecule has 0 atom stereocenters. The molecule has 5 nitrogen and oxygen atoms in total. The van der Waals surface area contributed by atoms with E-state index in [1.807, 2.05) is 6.92 Å². The Bertz CT molecular complexity index is 407. The minimum absolute atomic E-state index is 0.0713. The van der Waals surface area contributed by atoms with Crippen molar-refractivity contribution < 1.29 is 14.6 Å². The molecule has 0 saturated heterocycles. The number of carbonyl (C=O) groups is 1. The number of hydrogen-bond acceptors (Lipinski definition) is 4. The number of ether oxygens (including phenoxy) is 1. The van der Waals surface area contributed by atoms with Gasteiger partial charge in [0.25, 0.3) is 5.91 Å². The van der Waals surface area contributed by atoms with Gasteiger partial charge in [0.1, 0.15) is 5.75 Å². The predicted molar refractivity (Wildman–Crippen MR) is 70.7 cm³/mol. The molecule has 0 aliphatic carbocycles. The predicted octanol–water partition coefficient (Wildman–Crippen LogP) is 1.12. The van der Waals surface area contributed by atoms with Crippen LogP contribution in [0.25, 0.3) is 0 Å². The van der Waals surface area contributed by atoms with Gasteiger partial charge in [-0.2, -0.15) is 0 Å². The van der Waals surface area contributed by atoms with Crippen molar-refractivity contribution in [3.8, 4) is 5.75 Å². The molecule has 5 heteroatoms. The first-order chi connectivity index (χ1) is 8.63. The van der Waals surface area contributed by atoms with Gasteiger partial charge in [-0.25, -0.2) is 0 Å². The summed E-state index contributed by atoms with van der Waals surface area (Å²) in [6, 6.07) is 5.01.